The fraction of sp³-hybridized carbons (Fsp3) is 0. The van der Waals surface area contributed by atoms with Crippen LogP contribution in [0, 0.1) is 0 Å². The number of nitrogens with zero attached hydrogens (tertiary/aromatic N) is 1. The Hall–Kier alpha value is -2.45. The van der Waals surface area contributed by atoms with Gasteiger partial charge in [-0.25, -0.2) is 0 Å². The number of benzene rings is 3. The first-order valence-corrected chi connectivity index (χ1v) is 8.06. The monoisotopic (exact) mass is 301 g/mol. The molecule has 0 radical (unpaired) electrons. The summed E-state index contributed by atoms with van der Waals surface area (Å²) in [6.45, 7) is 4.00. The molecule has 0 saturated carbocycles. The lowest BCUT2D eigenvalue weighted by Gasteiger charge is -2.30. The van der Waals surface area contributed by atoms with Crippen molar-refractivity contribution in [1.29, 1.82) is 0 Å². The molecule has 4 rings (SSSR count). The van der Waals surface area contributed by atoms with Gasteiger partial charge in [0.05, 0.1) is 11.4 Å². The molecule has 106 valence electrons. The molecule has 0 atom stereocenters. The average molecular weight is 301 g/mol. The Morgan fingerprint density at radius 2 is 1.45 bits per heavy atom. The second-order valence-corrected chi connectivity index (χ2v) is 6.25. The van der Waals surface area contributed by atoms with Crippen LogP contribution in [0.5, 0.6) is 0 Å². The average Bonchev–Trinajstić information content (AvgIpc) is 2.60. The Morgan fingerprint density at radius 1 is 0.727 bits per heavy atom. The second-order valence-electron chi connectivity index (χ2n) is 5.17. The zero-order chi connectivity index (χ0) is 14.9. The van der Waals surface area contributed by atoms with Gasteiger partial charge < -0.3 is 4.90 Å². The highest BCUT2D eigenvalue weighted by Crippen LogP contribution is 2.49. The molecule has 0 aromatic heterocycles. The molecule has 1 aliphatic rings. The third-order valence-electron chi connectivity index (χ3n) is 3.85. The van der Waals surface area contributed by atoms with Gasteiger partial charge in [0.25, 0.3) is 0 Å². The van der Waals surface area contributed by atoms with E-state index in [9.17, 15) is 0 Å². The molecule has 0 amide bonds. The standard InChI is InChI=1S/C20H15NS/c1-2-21-17-10-6-7-11-19(17)22-20-13-12-16(14-18(20)21)15-8-4-3-5-9-15/h2-14H,1H2. The molecule has 1 aliphatic heterocycles. The first kappa shape index (κ1) is 13.2. The van der Waals surface area contributed by atoms with E-state index in [1.54, 1.807) is 0 Å². The molecule has 0 fully saturated rings. The highest BCUT2D eigenvalue weighted by molar-refractivity contribution is 7.99. The molecule has 1 nitrogen and oxygen atoms in total. The van der Waals surface area contributed by atoms with E-state index >= 15 is 0 Å². The minimum atomic E-state index is 1.19. The number of hydrogen-bond acceptors (Lipinski definition) is 2. The summed E-state index contributed by atoms with van der Waals surface area (Å²) >= 11 is 1.82. The van der Waals surface area contributed by atoms with Crippen LogP contribution in [0.4, 0.5) is 11.4 Å². The van der Waals surface area contributed by atoms with Crippen LogP contribution in [-0.2, 0) is 0 Å². The van der Waals surface area contributed by atoms with Crippen LogP contribution in [-0.4, -0.2) is 0 Å². The lowest BCUT2D eigenvalue weighted by Crippen LogP contribution is -2.13. The SMILES string of the molecule is C=CN1c2ccccc2Sc2ccc(-c3ccccc3)cc21. The van der Waals surface area contributed by atoms with Gasteiger partial charge in [-0.15, -0.1) is 0 Å². The van der Waals surface area contributed by atoms with Gasteiger partial charge in [0.15, 0.2) is 0 Å². The van der Waals surface area contributed by atoms with Crippen LogP contribution in [0.15, 0.2) is 95.4 Å². The highest BCUT2D eigenvalue weighted by atomic mass is 32.2. The van der Waals surface area contributed by atoms with Gasteiger partial charge in [-0.1, -0.05) is 66.9 Å². The summed E-state index contributed by atoms with van der Waals surface area (Å²) in [6.07, 6.45) is 1.90. The zero-order valence-corrected chi connectivity index (χ0v) is 12.9. The van der Waals surface area contributed by atoms with E-state index in [1.807, 2.05) is 24.0 Å². The largest absolute Gasteiger partial charge is 0.315 e. The van der Waals surface area contributed by atoms with Crippen molar-refractivity contribution in [3.05, 3.63) is 85.6 Å². The van der Waals surface area contributed by atoms with E-state index < -0.39 is 0 Å². The minimum Gasteiger partial charge on any atom is -0.315 e. The summed E-state index contributed by atoms with van der Waals surface area (Å²) in [4.78, 5) is 4.70. The van der Waals surface area contributed by atoms with E-state index in [4.69, 9.17) is 0 Å². The van der Waals surface area contributed by atoms with Gasteiger partial charge in [0, 0.05) is 16.0 Å². The van der Waals surface area contributed by atoms with E-state index in [-0.39, 0.29) is 0 Å². The quantitative estimate of drug-likeness (QED) is 0.562. The maximum atomic E-state index is 4.00. The van der Waals surface area contributed by atoms with Crippen molar-refractivity contribution in [2.45, 2.75) is 9.79 Å². The third-order valence-corrected chi connectivity index (χ3v) is 4.98. The lowest BCUT2D eigenvalue weighted by atomic mass is 10.0. The number of hydrogen-bond donors (Lipinski definition) is 0. The number of para-hydroxylation sites is 1. The Labute approximate surface area is 134 Å². The minimum absolute atomic E-state index is 1.19. The van der Waals surface area contributed by atoms with Crippen molar-refractivity contribution in [3.63, 3.8) is 0 Å². The molecule has 0 unspecified atom stereocenters. The first-order valence-electron chi connectivity index (χ1n) is 7.25. The number of fused-ring (bicyclic) bond motifs is 2. The van der Waals surface area contributed by atoms with Gasteiger partial charge in [0.1, 0.15) is 0 Å². The molecule has 0 spiro atoms. The number of anilines is 2. The summed E-state index contributed by atoms with van der Waals surface area (Å²) in [5.74, 6) is 0. The smallest absolute Gasteiger partial charge is 0.0601 e. The topological polar surface area (TPSA) is 3.24 Å². The van der Waals surface area contributed by atoms with E-state index in [2.05, 4.69) is 78.2 Å². The van der Waals surface area contributed by atoms with E-state index in [1.165, 1.54) is 32.3 Å². The van der Waals surface area contributed by atoms with Crippen LogP contribution in [0.25, 0.3) is 11.1 Å². The summed E-state index contributed by atoms with van der Waals surface area (Å²) in [7, 11) is 0. The molecule has 2 heteroatoms. The van der Waals surface area contributed by atoms with Gasteiger partial charge in [-0.05, 0) is 35.4 Å². The molecule has 0 bridgehead atoms. The molecular weight excluding hydrogens is 286 g/mol. The maximum Gasteiger partial charge on any atom is 0.0601 e. The Morgan fingerprint density at radius 3 is 2.27 bits per heavy atom. The fourth-order valence-corrected chi connectivity index (χ4v) is 3.84. The second kappa shape index (κ2) is 5.39. The van der Waals surface area contributed by atoms with Crippen LogP contribution in [0.2, 0.25) is 0 Å². The van der Waals surface area contributed by atoms with Gasteiger partial charge in [0.2, 0.25) is 0 Å². The summed E-state index contributed by atoms with van der Waals surface area (Å²) in [6, 6.07) is 25.6. The molecule has 1 heterocycles. The summed E-state index contributed by atoms with van der Waals surface area (Å²) < 4.78 is 0. The van der Waals surface area contributed by atoms with Gasteiger partial charge >= 0.3 is 0 Å². The molecule has 0 saturated heterocycles. The highest BCUT2D eigenvalue weighted by Gasteiger charge is 2.21. The van der Waals surface area contributed by atoms with Crippen LogP contribution in [0.1, 0.15) is 0 Å². The fourth-order valence-electron chi connectivity index (χ4n) is 2.79. The lowest BCUT2D eigenvalue weighted by molar-refractivity contribution is 1.17. The molecule has 3 aromatic rings. The van der Waals surface area contributed by atoms with Crippen LogP contribution in [0.3, 0.4) is 0 Å². The normalized spacial score (nSPS) is 12.5. The third kappa shape index (κ3) is 2.13. The van der Waals surface area contributed by atoms with Crippen molar-refractivity contribution in [2.75, 3.05) is 4.90 Å². The zero-order valence-electron chi connectivity index (χ0n) is 12.1. The maximum absolute atomic E-state index is 4.00. The molecular formula is C20H15NS. The van der Waals surface area contributed by atoms with Crippen LogP contribution >= 0.6 is 11.8 Å². The van der Waals surface area contributed by atoms with Crippen molar-refractivity contribution in [1.82, 2.24) is 0 Å². The van der Waals surface area contributed by atoms with Crippen molar-refractivity contribution >= 4 is 23.1 Å². The predicted molar refractivity (Wildman–Crippen MR) is 94.8 cm³/mol. The molecule has 0 aliphatic carbocycles. The summed E-state index contributed by atoms with van der Waals surface area (Å²) in [5.41, 5.74) is 4.85. The predicted octanol–water partition coefficient (Wildman–Crippen LogP) is 6.10. The van der Waals surface area contributed by atoms with Crippen molar-refractivity contribution in [2.24, 2.45) is 0 Å². The molecule has 3 aromatic carbocycles. The summed E-state index contributed by atoms with van der Waals surface area (Å²) in [5, 5.41) is 0. The Bertz CT molecular complexity index is 839. The first-order chi connectivity index (χ1) is 10.9. The Kier molecular flexibility index (Phi) is 3.24. The van der Waals surface area contributed by atoms with Gasteiger partial charge in [-0.3, -0.25) is 0 Å². The van der Waals surface area contributed by atoms with E-state index in [0.717, 1.165) is 0 Å². The number of rotatable bonds is 2. The Balaban J connectivity index is 1.86. The molecule has 22 heavy (non-hydrogen) atoms. The van der Waals surface area contributed by atoms with E-state index in [0.29, 0.717) is 0 Å². The van der Waals surface area contributed by atoms with Crippen LogP contribution < -0.4 is 4.90 Å². The molecule has 0 N–H and O–H groups in total. The van der Waals surface area contributed by atoms with Crippen molar-refractivity contribution in [3.8, 4) is 11.1 Å². The van der Waals surface area contributed by atoms with Gasteiger partial charge in [-0.2, -0.15) is 0 Å². The van der Waals surface area contributed by atoms with Crippen molar-refractivity contribution < 1.29 is 0 Å².